The minimum atomic E-state index is -0.277. The number of anilines is 3. The van der Waals surface area contributed by atoms with E-state index in [4.69, 9.17) is 0 Å². The van der Waals surface area contributed by atoms with Crippen molar-refractivity contribution in [3.8, 4) is 0 Å². The van der Waals surface area contributed by atoms with E-state index >= 15 is 0 Å². The Labute approximate surface area is 116 Å². The Bertz CT molecular complexity index is 554. The highest BCUT2D eigenvalue weighted by Gasteiger charge is 2.12. The molecular formula is C13H15FN4S. The number of rotatable bonds is 4. The molecule has 2 aromatic rings. The summed E-state index contributed by atoms with van der Waals surface area (Å²) in [6, 6.07) is 8.40. The second-order valence-electron chi connectivity index (χ2n) is 3.86. The van der Waals surface area contributed by atoms with Gasteiger partial charge in [-0.3, -0.25) is 0 Å². The van der Waals surface area contributed by atoms with Crippen molar-refractivity contribution >= 4 is 29.1 Å². The van der Waals surface area contributed by atoms with Gasteiger partial charge < -0.3 is 10.2 Å². The first-order chi connectivity index (χ1) is 9.15. The first-order valence-corrected chi connectivity index (χ1v) is 6.97. The Kier molecular flexibility index (Phi) is 4.21. The molecule has 1 aromatic carbocycles. The molecule has 0 aliphatic heterocycles. The summed E-state index contributed by atoms with van der Waals surface area (Å²) in [5.74, 6) is 1.08. The molecule has 4 nitrogen and oxygen atoms in total. The largest absolute Gasteiger partial charge is 0.373 e. The fraction of sp³-hybridized carbons (Fsp3) is 0.231. The average Bonchev–Trinajstić information content (AvgIpc) is 2.46. The number of halogens is 1. The molecule has 100 valence electrons. The molecule has 0 amide bonds. The highest BCUT2D eigenvalue weighted by Crippen LogP contribution is 2.27. The van der Waals surface area contributed by atoms with Crippen LogP contribution < -0.4 is 10.2 Å². The lowest BCUT2D eigenvalue weighted by Crippen LogP contribution is -2.14. The van der Waals surface area contributed by atoms with Crippen LogP contribution in [0.25, 0.3) is 0 Å². The summed E-state index contributed by atoms with van der Waals surface area (Å²) in [5, 5.41) is 3.62. The van der Waals surface area contributed by atoms with Crippen LogP contribution >= 0.6 is 11.8 Å². The summed E-state index contributed by atoms with van der Waals surface area (Å²) in [7, 11) is 3.57. The van der Waals surface area contributed by atoms with Gasteiger partial charge in [0.1, 0.15) is 17.5 Å². The van der Waals surface area contributed by atoms with Crippen molar-refractivity contribution in [2.45, 2.75) is 5.16 Å². The summed E-state index contributed by atoms with van der Waals surface area (Å²) in [4.78, 5) is 10.4. The molecule has 0 aliphatic carbocycles. The third-order valence-corrected chi connectivity index (χ3v) is 3.24. The molecule has 0 saturated carbocycles. The maximum absolute atomic E-state index is 13.8. The van der Waals surface area contributed by atoms with E-state index < -0.39 is 0 Å². The van der Waals surface area contributed by atoms with Gasteiger partial charge in [0.25, 0.3) is 0 Å². The average molecular weight is 278 g/mol. The van der Waals surface area contributed by atoms with Crippen LogP contribution in [-0.2, 0) is 0 Å². The summed E-state index contributed by atoms with van der Waals surface area (Å²) >= 11 is 1.45. The number of benzene rings is 1. The fourth-order valence-corrected chi connectivity index (χ4v) is 2.03. The quantitative estimate of drug-likeness (QED) is 0.687. The summed E-state index contributed by atoms with van der Waals surface area (Å²) in [5.41, 5.74) is 0.482. The Balaban J connectivity index is 2.43. The van der Waals surface area contributed by atoms with Gasteiger partial charge in [-0.05, 0) is 18.4 Å². The highest BCUT2D eigenvalue weighted by atomic mass is 32.2. The summed E-state index contributed by atoms with van der Waals surface area (Å²) < 4.78 is 13.8. The molecule has 1 N–H and O–H groups in total. The maximum Gasteiger partial charge on any atom is 0.191 e. The molecule has 0 aliphatic rings. The van der Waals surface area contributed by atoms with E-state index in [-0.39, 0.29) is 5.82 Å². The van der Waals surface area contributed by atoms with Crippen LogP contribution in [0.3, 0.4) is 0 Å². The van der Waals surface area contributed by atoms with Gasteiger partial charge >= 0.3 is 0 Å². The number of hydrogen-bond donors (Lipinski definition) is 1. The number of thioether (sulfide) groups is 1. The van der Waals surface area contributed by atoms with Crippen molar-refractivity contribution in [2.75, 3.05) is 30.6 Å². The topological polar surface area (TPSA) is 41.0 Å². The van der Waals surface area contributed by atoms with Crippen molar-refractivity contribution in [1.29, 1.82) is 0 Å². The van der Waals surface area contributed by atoms with Crippen molar-refractivity contribution < 1.29 is 4.39 Å². The number of nitrogens with zero attached hydrogens (tertiary/aromatic N) is 3. The van der Waals surface area contributed by atoms with E-state index in [1.165, 1.54) is 17.8 Å². The SMILES string of the molecule is CNc1cc(N(C)c2ccccc2F)nc(SC)n1. The zero-order valence-electron chi connectivity index (χ0n) is 11.0. The van der Waals surface area contributed by atoms with Gasteiger partial charge in [-0.15, -0.1) is 0 Å². The Hall–Kier alpha value is -1.82. The Morgan fingerprint density at radius 2 is 2.00 bits per heavy atom. The molecular weight excluding hydrogens is 263 g/mol. The standard InChI is InChI=1S/C13H15FN4S/c1-15-11-8-12(17-13(16-11)19-3)18(2)10-7-5-4-6-9(10)14/h4-8H,1-3H3,(H,15,16,17). The molecule has 1 heterocycles. The second-order valence-corrected chi connectivity index (χ2v) is 4.63. The number of aromatic nitrogens is 2. The monoisotopic (exact) mass is 278 g/mol. The molecule has 0 spiro atoms. The Morgan fingerprint density at radius 1 is 1.26 bits per heavy atom. The van der Waals surface area contributed by atoms with Gasteiger partial charge in [0.15, 0.2) is 5.16 Å². The van der Waals surface area contributed by atoms with Crippen LogP contribution in [0.1, 0.15) is 0 Å². The van der Waals surface area contributed by atoms with Crippen LogP contribution in [0, 0.1) is 5.82 Å². The van der Waals surface area contributed by atoms with Gasteiger partial charge in [0.05, 0.1) is 5.69 Å². The third-order valence-electron chi connectivity index (χ3n) is 2.69. The summed E-state index contributed by atoms with van der Waals surface area (Å²) in [6.45, 7) is 0. The van der Waals surface area contributed by atoms with Gasteiger partial charge in [-0.1, -0.05) is 23.9 Å². The molecule has 2 rings (SSSR count). The van der Waals surface area contributed by atoms with Crippen molar-refractivity contribution in [3.63, 3.8) is 0 Å². The van der Waals surface area contributed by atoms with Crippen LogP contribution in [0.5, 0.6) is 0 Å². The molecule has 1 aromatic heterocycles. The van der Waals surface area contributed by atoms with Gasteiger partial charge in [0.2, 0.25) is 0 Å². The third kappa shape index (κ3) is 2.96. The number of hydrogen-bond acceptors (Lipinski definition) is 5. The first kappa shape index (κ1) is 13.6. The van der Waals surface area contributed by atoms with E-state index in [1.807, 2.05) is 6.26 Å². The number of para-hydroxylation sites is 1. The number of nitrogens with one attached hydrogen (secondary N) is 1. The lowest BCUT2D eigenvalue weighted by Gasteiger charge is -2.19. The second kappa shape index (κ2) is 5.88. The smallest absolute Gasteiger partial charge is 0.191 e. The predicted molar refractivity (Wildman–Crippen MR) is 77.8 cm³/mol. The van der Waals surface area contributed by atoms with Gasteiger partial charge in [-0.2, -0.15) is 0 Å². The molecule has 0 atom stereocenters. The first-order valence-electron chi connectivity index (χ1n) is 5.74. The van der Waals surface area contributed by atoms with Crippen molar-refractivity contribution in [3.05, 3.63) is 36.1 Å². The van der Waals surface area contributed by atoms with Gasteiger partial charge in [0, 0.05) is 20.2 Å². The van der Waals surface area contributed by atoms with E-state index in [2.05, 4.69) is 15.3 Å². The summed E-state index contributed by atoms with van der Waals surface area (Å²) in [6.07, 6.45) is 1.90. The Morgan fingerprint density at radius 3 is 2.63 bits per heavy atom. The minimum absolute atomic E-state index is 0.277. The van der Waals surface area contributed by atoms with E-state index in [1.54, 1.807) is 43.3 Å². The molecule has 19 heavy (non-hydrogen) atoms. The molecule has 0 radical (unpaired) electrons. The zero-order chi connectivity index (χ0) is 13.8. The van der Waals surface area contributed by atoms with E-state index in [9.17, 15) is 4.39 Å². The zero-order valence-corrected chi connectivity index (χ0v) is 11.8. The van der Waals surface area contributed by atoms with Gasteiger partial charge in [-0.25, -0.2) is 14.4 Å². The maximum atomic E-state index is 13.8. The van der Waals surface area contributed by atoms with Crippen LogP contribution in [-0.4, -0.2) is 30.3 Å². The molecule has 0 saturated heterocycles. The van der Waals surface area contributed by atoms with Crippen molar-refractivity contribution in [2.24, 2.45) is 0 Å². The molecule has 0 unspecified atom stereocenters. The van der Waals surface area contributed by atoms with E-state index in [0.717, 1.165) is 0 Å². The minimum Gasteiger partial charge on any atom is -0.373 e. The van der Waals surface area contributed by atoms with Crippen molar-refractivity contribution in [1.82, 2.24) is 9.97 Å². The molecule has 0 bridgehead atoms. The molecule has 6 heteroatoms. The molecule has 0 fully saturated rings. The predicted octanol–water partition coefficient (Wildman–Crippen LogP) is 3.15. The highest BCUT2D eigenvalue weighted by molar-refractivity contribution is 7.98. The fourth-order valence-electron chi connectivity index (χ4n) is 1.65. The normalized spacial score (nSPS) is 10.3. The van der Waals surface area contributed by atoms with Crippen LogP contribution in [0.2, 0.25) is 0 Å². The van der Waals surface area contributed by atoms with Crippen LogP contribution in [0.15, 0.2) is 35.5 Å². The van der Waals surface area contributed by atoms with E-state index in [0.29, 0.717) is 22.5 Å². The lowest BCUT2D eigenvalue weighted by molar-refractivity contribution is 0.627. The lowest BCUT2D eigenvalue weighted by atomic mass is 10.3. The van der Waals surface area contributed by atoms with Crippen LogP contribution in [0.4, 0.5) is 21.7 Å².